The lowest BCUT2D eigenvalue weighted by Gasteiger charge is -2.48. The van der Waals surface area contributed by atoms with Crippen LogP contribution in [0.1, 0.15) is 77.6 Å². The van der Waals surface area contributed by atoms with E-state index in [0.29, 0.717) is 18.3 Å². The Morgan fingerprint density at radius 2 is 2.08 bits per heavy atom. The number of carboxylic acids is 1. The van der Waals surface area contributed by atoms with Crippen LogP contribution in [0.15, 0.2) is 11.6 Å². The Hall–Kier alpha value is -1.31. The lowest BCUT2D eigenvalue weighted by molar-refractivity contribution is -0.137. The average molecular weight is 363 g/mol. The fourth-order valence-corrected chi connectivity index (χ4v) is 4.28. The molecule has 3 N–H and O–H groups in total. The lowest BCUT2D eigenvalue weighted by Crippen LogP contribution is -2.44. The molecule has 1 unspecified atom stereocenters. The average Bonchev–Trinajstić information content (AvgIpc) is 2.58. The maximum absolute atomic E-state index is 10.6. The fourth-order valence-electron chi connectivity index (χ4n) is 4.28. The van der Waals surface area contributed by atoms with Gasteiger partial charge in [-0.3, -0.25) is 4.79 Å². The molecule has 0 saturated heterocycles. The molecule has 4 heteroatoms. The predicted octanol–water partition coefficient (Wildman–Crippen LogP) is 3.91. The molecule has 0 radical (unpaired) electrons. The highest BCUT2D eigenvalue weighted by atomic mass is 16.4. The summed E-state index contributed by atoms with van der Waals surface area (Å²) in [5.74, 6) is 6.29. The van der Waals surface area contributed by atoms with Crippen LogP contribution in [0, 0.1) is 29.6 Å². The summed E-state index contributed by atoms with van der Waals surface area (Å²) < 4.78 is 0. The van der Waals surface area contributed by atoms with Gasteiger partial charge >= 0.3 is 5.97 Å². The Morgan fingerprint density at radius 3 is 2.81 bits per heavy atom. The molecule has 0 amide bonds. The minimum absolute atomic E-state index is 0.0322. The molecule has 0 heterocycles. The van der Waals surface area contributed by atoms with Crippen LogP contribution >= 0.6 is 0 Å². The summed E-state index contributed by atoms with van der Waals surface area (Å²) in [6.07, 6.45) is 10.9. The van der Waals surface area contributed by atoms with Crippen LogP contribution in [0.3, 0.4) is 0 Å². The van der Waals surface area contributed by atoms with E-state index in [4.69, 9.17) is 5.11 Å². The van der Waals surface area contributed by atoms with Gasteiger partial charge in [0.2, 0.25) is 0 Å². The first kappa shape index (κ1) is 21.0. The maximum Gasteiger partial charge on any atom is 0.303 e. The number of aliphatic hydroxyl groups excluding tert-OH is 2. The molecule has 0 bridgehead atoms. The SMILES string of the molecule is CCCCCCC(O)C#C[C@H]1[C@@H]2CC(=CCCCC(=O)O)[C@@H]2CC[C@@H]1O. The first-order valence-corrected chi connectivity index (χ1v) is 10.3. The van der Waals surface area contributed by atoms with Crippen molar-refractivity contribution in [3.8, 4) is 11.8 Å². The van der Waals surface area contributed by atoms with E-state index in [9.17, 15) is 15.0 Å². The molecule has 0 aliphatic heterocycles. The Bertz CT molecular complexity index is 542. The van der Waals surface area contributed by atoms with Gasteiger partial charge in [-0.15, -0.1) is 0 Å². The molecule has 2 saturated carbocycles. The molecule has 2 rings (SSSR count). The third-order valence-corrected chi connectivity index (χ3v) is 5.86. The summed E-state index contributed by atoms with van der Waals surface area (Å²) in [6, 6.07) is 0. The third-order valence-electron chi connectivity index (χ3n) is 5.86. The van der Waals surface area contributed by atoms with Crippen molar-refractivity contribution in [1.29, 1.82) is 0 Å². The van der Waals surface area contributed by atoms with E-state index in [-0.39, 0.29) is 18.4 Å². The summed E-state index contributed by atoms with van der Waals surface area (Å²) in [5, 5.41) is 29.1. The molecule has 4 nitrogen and oxygen atoms in total. The van der Waals surface area contributed by atoms with E-state index in [1.165, 1.54) is 18.4 Å². The molecule has 2 aliphatic rings. The fraction of sp³-hybridized carbons (Fsp3) is 0.773. The summed E-state index contributed by atoms with van der Waals surface area (Å²) >= 11 is 0. The zero-order valence-corrected chi connectivity index (χ0v) is 16.0. The first-order valence-electron chi connectivity index (χ1n) is 10.3. The summed E-state index contributed by atoms with van der Waals surface area (Å²) in [5.41, 5.74) is 1.42. The van der Waals surface area contributed by atoms with Crippen LogP contribution in [0.5, 0.6) is 0 Å². The van der Waals surface area contributed by atoms with E-state index in [1.54, 1.807) is 0 Å². The normalized spacial score (nSPS) is 30.0. The van der Waals surface area contributed by atoms with Crippen LogP contribution in [-0.2, 0) is 4.79 Å². The number of hydrogen-bond acceptors (Lipinski definition) is 3. The molecule has 0 aromatic carbocycles. The quantitative estimate of drug-likeness (QED) is 0.330. The van der Waals surface area contributed by atoms with Crippen LogP contribution in [0.4, 0.5) is 0 Å². The van der Waals surface area contributed by atoms with E-state index < -0.39 is 12.1 Å². The van der Waals surface area contributed by atoms with Crippen molar-refractivity contribution in [2.24, 2.45) is 17.8 Å². The van der Waals surface area contributed by atoms with Crippen molar-refractivity contribution in [1.82, 2.24) is 0 Å². The standard InChI is InChI=1S/C22H34O4/c1-2-3-4-5-9-17(23)11-12-19-20-15-16(8-6-7-10-22(25)26)18(20)13-14-21(19)24/h8,17-21,23-24H,2-7,9-10,13-15H2,1H3,(H,25,26)/t17?,18-,19-,20+,21-/m0/s1. The van der Waals surface area contributed by atoms with Crippen molar-refractivity contribution < 1.29 is 20.1 Å². The van der Waals surface area contributed by atoms with Crippen molar-refractivity contribution in [2.45, 2.75) is 89.8 Å². The van der Waals surface area contributed by atoms with Crippen LogP contribution in [0.2, 0.25) is 0 Å². The summed E-state index contributed by atoms with van der Waals surface area (Å²) in [7, 11) is 0. The molecule has 2 fully saturated rings. The number of allylic oxidation sites excluding steroid dienone is 2. The van der Waals surface area contributed by atoms with Gasteiger partial charge in [0, 0.05) is 6.42 Å². The Labute approximate surface area is 157 Å². The van der Waals surface area contributed by atoms with Crippen LogP contribution < -0.4 is 0 Å². The predicted molar refractivity (Wildman–Crippen MR) is 102 cm³/mol. The largest absolute Gasteiger partial charge is 0.481 e. The number of fused-ring (bicyclic) bond motifs is 1. The molecular formula is C22H34O4. The second-order valence-electron chi connectivity index (χ2n) is 7.86. The van der Waals surface area contributed by atoms with Crippen molar-refractivity contribution in [2.75, 3.05) is 0 Å². The van der Waals surface area contributed by atoms with E-state index in [0.717, 1.165) is 44.9 Å². The van der Waals surface area contributed by atoms with Gasteiger partial charge < -0.3 is 15.3 Å². The number of carbonyl (C=O) groups is 1. The van der Waals surface area contributed by atoms with Gasteiger partial charge in [0.1, 0.15) is 6.10 Å². The molecule has 0 aromatic rings. The van der Waals surface area contributed by atoms with Gasteiger partial charge in [-0.1, -0.05) is 49.7 Å². The Balaban J connectivity index is 1.82. The maximum atomic E-state index is 10.6. The third kappa shape index (κ3) is 6.14. The number of carboxylic acid groups (broad SMARTS) is 1. The smallest absolute Gasteiger partial charge is 0.303 e. The van der Waals surface area contributed by atoms with Gasteiger partial charge in [0.15, 0.2) is 0 Å². The summed E-state index contributed by atoms with van der Waals surface area (Å²) in [4.78, 5) is 10.6. The highest BCUT2D eigenvalue weighted by Gasteiger charge is 2.46. The molecular weight excluding hydrogens is 328 g/mol. The number of rotatable bonds is 9. The van der Waals surface area contributed by atoms with E-state index in [2.05, 4.69) is 24.8 Å². The molecule has 26 heavy (non-hydrogen) atoms. The molecule has 0 aromatic heterocycles. The monoisotopic (exact) mass is 362 g/mol. The number of hydrogen-bond donors (Lipinski definition) is 3. The Kier molecular flexibility index (Phi) is 8.68. The minimum Gasteiger partial charge on any atom is -0.481 e. The number of unbranched alkanes of at least 4 members (excludes halogenated alkanes) is 4. The lowest BCUT2D eigenvalue weighted by atomic mass is 9.57. The van der Waals surface area contributed by atoms with Crippen molar-refractivity contribution in [3.63, 3.8) is 0 Å². The Morgan fingerprint density at radius 1 is 1.27 bits per heavy atom. The van der Waals surface area contributed by atoms with Crippen LogP contribution in [-0.4, -0.2) is 33.5 Å². The van der Waals surface area contributed by atoms with Crippen molar-refractivity contribution in [3.05, 3.63) is 11.6 Å². The van der Waals surface area contributed by atoms with Gasteiger partial charge in [-0.05, 0) is 56.8 Å². The number of aliphatic carboxylic acids is 1. The van der Waals surface area contributed by atoms with Gasteiger partial charge in [-0.25, -0.2) is 0 Å². The highest BCUT2D eigenvalue weighted by Crippen LogP contribution is 2.51. The van der Waals surface area contributed by atoms with E-state index >= 15 is 0 Å². The molecule has 146 valence electrons. The first-order chi connectivity index (χ1) is 12.5. The van der Waals surface area contributed by atoms with Gasteiger partial charge in [-0.2, -0.15) is 0 Å². The topological polar surface area (TPSA) is 77.8 Å². The van der Waals surface area contributed by atoms with Gasteiger partial charge in [0.25, 0.3) is 0 Å². The molecule has 5 atom stereocenters. The molecule has 0 spiro atoms. The molecule has 2 aliphatic carbocycles. The second-order valence-corrected chi connectivity index (χ2v) is 7.86. The van der Waals surface area contributed by atoms with Gasteiger partial charge in [0.05, 0.1) is 12.0 Å². The van der Waals surface area contributed by atoms with Crippen molar-refractivity contribution >= 4 is 5.97 Å². The number of aliphatic hydroxyl groups is 2. The second kappa shape index (κ2) is 10.7. The zero-order valence-electron chi connectivity index (χ0n) is 16.0. The summed E-state index contributed by atoms with van der Waals surface area (Å²) in [6.45, 7) is 2.17. The minimum atomic E-state index is -0.737. The zero-order chi connectivity index (χ0) is 18.9. The van der Waals surface area contributed by atoms with E-state index in [1.807, 2.05) is 0 Å². The highest BCUT2D eigenvalue weighted by molar-refractivity contribution is 5.66. The van der Waals surface area contributed by atoms with Crippen LogP contribution in [0.25, 0.3) is 0 Å².